The molecule has 104 valence electrons. The number of pyridine rings is 1. The zero-order valence-electron chi connectivity index (χ0n) is 10.8. The van der Waals surface area contributed by atoms with Crippen LogP contribution in [0.2, 0.25) is 0 Å². The normalized spacial score (nSPS) is 18.5. The van der Waals surface area contributed by atoms with Crippen molar-refractivity contribution in [3.8, 4) is 0 Å². The lowest BCUT2D eigenvalue weighted by Crippen LogP contribution is -2.23. The fraction of sp³-hybridized carbons (Fsp3) is 0.538. The number of carbonyl (C=O) groups excluding carboxylic acids is 1. The van der Waals surface area contributed by atoms with Gasteiger partial charge in [-0.1, -0.05) is 0 Å². The highest BCUT2D eigenvalue weighted by atomic mass is 79.9. The molecule has 0 spiro atoms. The van der Waals surface area contributed by atoms with Crippen LogP contribution in [0, 0.1) is 6.92 Å². The number of ether oxygens (including phenoxy) is 2. The van der Waals surface area contributed by atoms with E-state index >= 15 is 0 Å². The van der Waals surface area contributed by atoms with Gasteiger partial charge in [-0.15, -0.1) is 0 Å². The SMILES string of the molecule is Cc1cncc(Br)c1NC(=O)COCC1CCCO1. The molecule has 6 heteroatoms. The number of hydrogen-bond donors (Lipinski definition) is 1. The van der Waals surface area contributed by atoms with Crippen molar-refractivity contribution in [2.75, 3.05) is 25.1 Å². The van der Waals surface area contributed by atoms with E-state index in [1.807, 2.05) is 6.92 Å². The van der Waals surface area contributed by atoms with Crippen LogP contribution in [0.15, 0.2) is 16.9 Å². The Kier molecular flexibility index (Phi) is 5.30. The van der Waals surface area contributed by atoms with E-state index in [9.17, 15) is 4.79 Å². The van der Waals surface area contributed by atoms with E-state index in [4.69, 9.17) is 9.47 Å². The number of aromatic nitrogens is 1. The van der Waals surface area contributed by atoms with Gasteiger partial charge >= 0.3 is 0 Å². The van der Waals surface area contributed by atoms with Crippen LogP contribution in [-0.2, 0) is 14.3 Å². The molecule has 1 aliphatic heterocycles. The molecule has 1 aromatic rings. The lowest BCUT2D eigenvalue weighted by Gasteiger charge is -2.12. The maximum atomic E-state index is 11.8. The van der Waals surface area contributed by atoms with E-state index in [0.29, 0.717) is 6.61 Å². The second-order valence-electron chi connectivity index (χ2n) is 4.51. The quantitative estimate of drug-likeness (QED) is 0.900. The first-order chi connectivity index (χ1) is 9.16. The molecule has 1 N–H and O–H groups in total. The average molecular weight is 329 g/mol. The third-order valence-corrected chi connectivity index (χ3v) is 3.52. The van der Waals surface area contributed by atoms with Crippen molar-refractivity contribution in [1.29, 1.82) is 0 Å². The van der Waals surface area contributed by atoms with Crippen molar-refractivity contribution < 1.29 is 14.3 Å². The minimum atomic E-state index is -0.173. The second kappa shape index (κ2) is 6.98. The second-order valence-corrected chi connectivity index (χ2v) is 5.37. The average Bonchev–Trinajstić information content (AvgIpc) is 2.87. The van der Waals surface area contributed by atoms with Gasteiger partial charge in [0.05, 0.1) is 22.9 Å². The Morgan fingerprint density at radius 2 is 2.47 bits per heavy atom. The van der Waals surface area contributed by atoms with Gasteiger partial charge in [-0.05, 0) is 41.3 Å². The predicted octanol–water partition coefficient (Wildman–Crippen LogP) is 2.29. The molecule has 19 heavy (non-hydrogen) atoms. The summed E-state index contributed by atoms with van der Waals surface area (Å²) in [5.74, 6) is -0.173. The number of halogens is 1. The fourth-order valence-corrected chi connectivity index (χ4v) is 2.45. The van der Waals surface area contributed by atoms with Crippen LogP contribution in [0.4, 0.5) is 5.69 Å². The number of aryl methyl sites for hydroxylation is 1. The number of hydrogen-bond acceptors (Lipinski definition) is 4. The highest BCUT2D eigenvalue weighted by molar-refractivity contribution is 9.10. The van der Waals surface area contributed by atoms with Crippen LogP contribution in [0.3, 0.4) is 0 Å². The van der Waals surface area contributed by atoms with Crippen LogP contribution < -0.4 is 5.32 Å². The van der Waals surface area contributed by atoms with Gasteiger partial charge in [0.25, 0.3) is 0 Å². The number of carbonyl (C=O) groups is 1. The Balaban J connectivity index is 1.77. The fourth-order valence-electron chi connectivity index (χ4n) is 1.92. The van der Waals surface area contributed by atoms with Crippen LogP contribution in [0.1, 0.15) is 18.4 Å². The third kappa shape index (κ3) is 4.26. The number of amides is 1. The monoisotopic (exact) mass is 328 g/mol. The molecule has 1 amide bonds. The molecular weight excluding hydrogens is 312 g/mol. The van der Waals surface area contributed by atoms with Crippen molar-refractivity contribution >= 4 is 27.5 Å². The summed E-state index contributed by atoms with van der Waals surface area (Å²) in [7, 11) is 0. The summed E-state index contributed by atoms with van der Waals surface area (Å²) in [6.07, 6.45) is 5.57. The summed E-state index contributed by atoms with van der Waals surface area (Å²) >= 11 is 3.36. The number of nitrogens with zero attached hydrogens (tertiary/aromatic N) is 1. The molecule has 0 bridgehead atoms. The van der Waals surface area contributed by atoms with E-state index < -0.39 is 0 Å². The molecule has 5 nitrogen and oxygen atoms in total. The molecule has 0 aliphatic carbocycles. The van der Waals surface area contributed by atoms with E-state index in [-0.39, 0.29) is 18.6 Å². The molecule has 1 unspecified atom stereocenters. The molecule has 2 rings (SSSR count). The maximum absolute atomic E-state index is 11.8. The van der Waals surface area contributed by atoms with Crippen LogP contribution in [0.5, 0.6) is 0 Å². The molecule has 1 atom stereocenters. The van der Waals surface area contributed by atoms with Crippen LogP contribution in [0.25, 0.3) is 0 Å². The molecule has 0 aromatic carbocycles. The van der Waals surface area contributed by atoms with Gasteiger partial charge < -0.3 is 14.8 Å². The first kappa shape index (κ1) is 14.4. The van der Waals surface area contributed by atoms with Crippen molar-refractivity contribution in [2.24, 2.45) is 0 Å². The third-order valence-electron chi connectivity index (χ3n) is 2.91. The van der Waals surface area contributed by atoms with Crippen molar-refractivity contribution in [3.63, 3.8) is 0 Å². The van der Waals surface area contributed by atoms with Crippen molar-refractivity contribution in [2.45, 2.75) is 25.9 Å². The summed E-state index contributed by atoms with van der Waals surface area (Å²) in [6, 6.07) is 0. The first-order valence-corrected chi connectivity index (χ1v) is 7.05. The Morgan fingerprint density at radius 3 is 3.16 bits per heavy atom. The van der Waals surface area contributed by atoms with Gasteiger partial charge in [0.15, 0.2) is 0 Å². The molecule has 0 saturated carbocycles. The topological polar surface area (TPSA) is 60.5 Å². The molecule has 0 radical (unpaired) electrons. The van der Waals surface area contributed by atoms with Crippen molar-refractivity contribution in [3.05, 3.63) is 22.4 Å². The van der Waals surface area contributed by atoms with Crippen LogP contribution in [-0.4, -0.2) is 36.8 Å². The molecular formula is C13H17BrN2O3. The molecule has 1 saturated heterocycles. The molecule has 1 aliphatic rings. The number of anilines is 1. The van der Waals surface area contributed by atoms with E-state index in [0.717, 1.165) is 35.2 Å². The highest BCUT2D eigenvalue weighted by Crippen LogP contribution is 2.24. The Labute approximate surface area is 120 Å². The largest absolute Gasteiger partial charge is 0.376 e. The summed E-state index contributed by atoms with van der Waals surface area (Å²) in [5.41, 5.74) is 1.64. The molecule has 1 fully saturated rings. The van der Waals surface area contributed by atoms with Gasteiger partial charge in [-0.2, -0.15) is 0 Å². The Hall–Kier alpha value is -0.980. The smallest absolute Gasteiger partial charge is 0.250 e. The maximum Gasteiger partial charge on any atom is 0.250 e. The van der Waals surface area contributed by atoms with E-state index in [2.05, 4.69) is 26.2 Å². The van der Waals surface area contributed by atoms with E-state index in [1.54, 1.807) is 12.4 Å². The number of nitrogens with one attached hydrogen (secondary N) is 1. The number of rotatable bonds is 5. The van der Waals surface area contributed by atoms with Gasteiger partial charge in [0, 0.05) is 19.0 Å². The zero-order valence-corrected chi connectivity index (χ0v) is 12.4. The summed E-state index contributed by atoms with van der Waals surface area (Å²) < 4.78 is 11.5. The van der Waals surface area contributed by atoms with Gasteiger partial charge in [0.1, 0.15) is 6.61 Å². The first-order valence-electron chi connectivity index (χ1n) is 6.26. The summed E-state index contributed by atoms with van der Waals surface area (Å²) in [5, 5.41) is 2.81. The standard InChI is InChI=1S/C13H17BrN2O3/c1-9-5-15-6-11(14)13(9)16-12(17)8-18-7-10-3-2-4-19-10/h5-6,10H,2-4,7-8H2,1H3,(H,15,16,17). The lowest BCUT2D eigenvalue weighted by atomic mass is 10.2. The lowest BCUT2D eigenvalue weighted by molar-refractivity contribution is -0.121. The minimum absolute atomic E-state index is 0.0358. The minimum Gasteiger partial charge on any atom is -0.376 e. The summed E-state index contributed by atoms with van der Waals surface area (Å²) in [4.78, 5) is 15.8. The van der Waals surface area contributed by atoms with Gasteiger partial charge in [-0.3, -0.25) is 9.78 Å². The Bertz CT molecular complexity index is 427. The van der Waals surface area contributed by atoms with Crippen molar-refractivity contribution in [1.82, 2.24) is 4.98 Å². The van der Waals surface area contributed by atoms with Gasteiger partial charge in [-0.25, -0.2) is 0 Å². The highest BCUT2D eigenvalue weighted by Gasteiger charge is 2.16. The summed E-state index contributed by atoms with van der Waals surface area (Å²) in [6.45, 7) is 3.20. The molecule has 1 aromatic heterocycles. The molecule has 2 heterocycles. The van der Waals surface area contributed by atoms with Crippen LogP contribution >= 0.6 is 15.9 Å². The zero-order chi connectivity index (χ0) is 13.7. The van der Waals surface area contributed by atoms with E-state index in [1.165, 1.54) is 0 Å². The Morgan fingerprint density at radius 1 is 1.63 bits per heavy atom. The predicted molar refractivity (Wildman–Crippen MR) is 75.1 cm³/mol. The van der Waals surface area contributed by atoms with Gasteiger partial charge in [0.2, 0.25) is 5.91 Å².